The van der Waals surface area contributed by atoms with Crippen LogP contribution in [0.4, 0.5) is 4.39 Å². The minimum atomic E-state index is -4.03. The molecule has 0 radical (unpaired) electrons. The lowest BCUT2D eigenvalue weighted by atomic mass is 9.93. The highest BCUT2D eigenvalue weighted by Gasteiger charge is 2.21. The van der Waals surface area contributed by atoms with E-state index in [0.29, 0.717) is 10.6 Å². The highest BCUT2D eigenvalue weighted by Crippen LogP contribution is 2.33. The van der Waals surface area contributed by atoms with Crippen LogP contribution in [0.5, 0.6) is 0 Å². The summed E-state index contributed by atoms with van der Waals surface area (Å²) in [5, 5.41) is 5.64. The Morgan fingerprint density at radius 2 is 1.74 bits per heavy atom. The van der Waals surface area contributed by atoms with Gasteiger partial charge in [-0.2, -0.15) is 0 Å². The van der Waals surface area contributed by atoms with Crippen molar-refractivity contribution >= 4 is 27.4 Å². The number of carbonyl (C=O) groups excluding carboxylic acids is 1. The van der Waals surface area contributed by atoms with Crippen LogP contribution in [-0.4, -0.2) is 14.2 Å². The molecule has 0 bridgehead atoms. The largest absolute Gasteiger partial charge is 0.289 e. The van der Waals surface area contributed by atoms with Crippen molar-refractivity contribution in [3.8, 4) is 11.1 Å². The summed E-state index contributed by atoms with van der Waals surface area (Å²) in [6.07, 6.45) is 0. The van der Waals surface area contributed by atoms with Gasteiger partial charge in [-0.05, 0) is 42.8 Å². The molecule has 0 aliphatic rings. The number of halogens is 2. The highest BCUT2D eigenvalue weighted by atomic mass is 35.5. The van der Waals surface area contributed by atoms with Crippen molar-refractivity contribution < 1.29 is 17.6 Å². The van der Waals surface area contributed by atoms with Gasteiger partial charge in [-0.1, -0.05) is 47.5 Å². The van der Waals surface area contributed by atoms with Gasteiger partial charge >= 0.3 is 0 Å². The van der Waals surface area contributed by atoms with E-state index in [1.54, 1.807) is 31.2 Å². The monoisotopic (exact) mass is 403 g/mol. The Morgan fingerprint density at radius 1 is 1.00 bits per heavy atom. The fourth-order valence-electron chi connectivity index (χ4n) is 2.83. The van der Waals surface area contributed by atoms with Crippen LogP contribution in [-0.2, 0) is 10.0 Å². The zero-order chi connectivity index (χ0) is 19.8. The third-order valence-electron chi connectivity index (χ3n) is 4.04. The average Bonchev–Trinajstić information content (AvgIpc) is 2.60. The normalized spacial score (nSPS) is 11.4. The molecule has 0 heterocycles. The number of hydrogen-bond acceptors (Lipinski definition) is 3. The van der Waals surface area contributed by atoms with E-state index in [1.807, 2.05) is 0 Å². The molecule has 3 aromatic carbocycles. The molecule has 0 amide bonds. The number of nitrogens with two attached hydrogens (primary N) is 1. The molecule has 0 aliphatic carbocycles. The van der Waals surface area contributed by atoms with Gasteiger partial charge in [0.2, 0.25) is 10.0 Å². The molecule has 0 fully saturated rings. The topological polar surface area (TPSA) is 77.2 Å². The van der Waals surface area contributed by atoms with Crippen LogP contribution in [0.15, 0.2) is 65.6 Å². The minimum Gasteiger partial charge on any atom is -0.289 e. The molecule has 3 aromatic rings. The summed E-state index contributed by atoms with van der Waals surface area (Å²) in [7, 11) is -4.03. The van der Waals surface area contributed by atoms with Crippen LogP contribution < -0.4 is 5.14 Å². The number of sulfonamides is 1. The molecule has 27 heavy (non-hydrogen) atoms. The molecule has 0 aromatic heterocycles. The van der Waals surface area contributed by atoms with E-state index in [1.165, 1.54) is 30.3 Å². The van der Waals surface area contributed by atoms with E-state index in [2.05, 4.69) is 0 Å². The lowest BCUT2D eigenvalue weighted by molar-refractivity contribution is 0.103. The maximum atomic E-state index is 13.5. The molecule has 0 saturated carbocycles. The molecule has 0 aliphatic heterocycles. The summed E-state index contributed by atoms with van der Waals surface area (Å²) >= 11 is 6.06. The molecule has 3 rings (SSSR count). The summed E-state index contributed by atoms with van der Waals surface area (Å²) in [6.45, 7) is 1.79. The molecule has 2 N–H and O–H groups in total. The Bertz CT molecular complexity index is 1160. The fraction of sp³-hybridized carbons (Fsp3) is 0.0500. The Morgan fingerprint density at radius 3 is 2.41 bits per heavy atom. The van der Waals surface area contributed by atoms with Gasteiger partial charge in [0.25, 0.3) is 0 Å². The van der Waals surface area contributed by atoms with Crippen LogP contribution in [0.25, 0.3) is 11.1 Å². The maximum Gasteiger partial charge on any atom is 0.238 e. The van der Waals surface area contributed by atoms with Crippen LogP contribution in [0.1, 0.15) is 21.5 Å². The minimum absolute atomic E-state index is 0.108. The lowest BCUT2D eigenvalue weighted by Crippen LogP contribution is -2.14. The first-order chi connectivity index (χ1) is 12.7. The molecular formula is C20H15ClFNO3S. The van der Waals surface area contributed by atoms with Gasteiger partial charge in [0.05, 0.1) is 4.90 Å². The smallest absolute Gasteiger partial charge is 0.238 e. The van der Waals surface area contributed by atoms with Crippen LogP contribution in [0, 0.1) is 12.7 Å². The zero-order valence-corrected chi connectivity index (χ0v) is 15.8. The first kappa shape index (κ1) is 19.2. The zero-order valence-electron chi connectivity index (χ0n) is 14.2. The standard InChI is InChI=1S/C20H15ClFNO3S/c1-12-5-8-19(27(23,25)26)17(9-12)16-7-6-14(21)11-18(16)20(24)13-3-2-4-15(22)10-13/h2-11H,1H3,(H2,23,25,26). The van der Waals surface area contributed by atoms with Crippen LogP contribution in [0.3, 0.4) is 0 Å². The van der Waals surface area contributed by atoms with Crippen molar-refractivity contribution in [2.45, 2.75) is 11.8 Å². The van der Waals surface area contributed by atoms with Gasteiger partial charge in [-0.3, -0.25) is 4.79 Å². The van der Waals surface area contributed by atoms with Crippen molar-refractivity contribution in [1.29, 1.82) is 0 Å². The SMILES string of the molecule is Cc1ccc(S(N)(=O)=O)c(-c2ccc(Cl)cc2C(=O)c2cccc(F)c2)c1. The Kier molecular flexibility index (Phi) is 5.15. The number of benzene rings is 3. The molecule has 7 heteroatoms. The second-order valence-electron chi connectivity index (χ2n) is 6.07. The average molecular weight is 404 g/mol. The van der Waals surface area contributed by atoms with Crippen molar-refractivity contribution in [2.24, 2.45) is 5.14 Å². The van der Waals surface area contributed by atoms with Crippen molar-refractivity contribution in [3.63, 3.8) is 0 Å². The summed E-state index contributed by atoms with van der Waals surface area (Å²) in [4.78, 5) is 12.9. The van der Waals surface area contributed by atoms with Crippen molar-refractivity contribution in [2.75, 3.05) is 0 Å². The maximum absolute atomic E-state index is 13.5. The fourth-order valence-corrected chi connectivity index (χ4v) is 3.73. The molecule has 0 unspecified atom stereocenters. The summed E-state index contributed by atoms with van der Waals surface area (Å²) in [5.41, 5.74) is 1.71. The van der Waals surface area contributed by atoms with Gasteiger partial charge in [0.15, 0.2) is 5.78 Å². The number of hydrogen-bond donors (Lipinski definition) is 1. The van der Waals surface area contributed by atoms with Crippen molar-refractivity contribution in [3.05, 3.63) is 88.2 Å². The van der Waals surface area contributed by atoms with E-state index < -0.39 is 21.6 Å². The number of primary sulfonamides is 1. The summed E-state index contributed by atoms with van der Waals surface area (Å²) < 4.78 is 37.6. The lowest BCUT2D eigenvalue weighted by Gasteiger charge is -2.14. The van der Waals surface area contributed by atoms with Gasteiger partial charge in [0, 0.05) is 21.7 Å². The number of aryl methyl sites for hydroxylation is 1. The first-order valence-electron chi connectivity index (χ1n) is 7.90. The van der Waals surface area contributed by atoms with Crippen molar-refractivity contribution in [1.82, 2.24) is 0 Å². The molecule has 0 saturated heterocycles. The van der Waals surface area contributed by atoms with Crippen LogP contribution >= 0.6 is 11.6 Å². The second kappa shape index (κ2) is 7.23. The van der Waals surface area contributed by atoms with Gasteiger partial charge in [-0.15, -0.1) is 0 Å². The highest BCUT2D eigenvalue weighted by molar-refractivity contribution is 7.89. The third-order valence-corrected chi connectivity index (χ3v) is 5.25. The third kappa shape index (κ3) is 4.08. The summed E-state index contributed by atoms with van der Waals surface area (Å²) in [5.74, 6) is -1.03. The first-order valence-corrected chi connectivity index (χ1v) is 9.83. The Hall–Kier alpha value is -2.54. The quantitative estimate of drug-likeness (QED) is 0.658. The number of ketones is 1. The van der Waals surface area contributed by atoms with Gasteiger partial charge in [0.1, 0.15) is 5.82 Å². The Balaban J connectivity index is 2.28. The van der Waals surface area contributed by atoms with E-state index in [-0.39, 0.29) is 21.6 Å². The van der Waals surface area contributed by atoms with E-state index >= 15 is 0 Å². The summed E-state index contributed by atoms with van der Waals surface area (Å²) in [6, 6.07) is 14.4. The van der Waals surface area contributed by atoms with Gasteiger partial charge < -0.3 is 0 Å². The van der Waals surface area contributed by atoms with E-state index in [9.17, 15) is 17.6 Å². The molecule has 4 nitrogen and oxygen atoms in total. The predicted molar refractivity (Wildman–Crippen MR) is 103 cm³/mol. The van der Waals surface area contributed by atoms with E-state index in [0.717, 1.165) is 11.6 Å². The molecular weight excluding hydrogens is 389 g/mol. The van der Waals surface area contributed by atoms with E-state index in [4.69, 9.17) is 16.7 Å². The molecule has 0 spiro atoms. The van der Waals surface area contributed by atoms with Gasteiger partial charge in [-0.25, -0.2) is 17.9 Å². The number of rotatable bonds is 4. The molecule has 138 valence electrons. The molecule has 0 atom stereocenters. The Labute approximate surface area is 161 Å². The second-order valence-corrected chi connectivity index (χ2v) is 8.04. The number of carbonyl (C=O) groups is 1. The predicted octanol–water partition coefficient (Wildman–Crippen LogP) is 4.33. The van der Waals surface area contributed by atoms with Crippen LogP contribution in [0.2, 0.25) is 5.02 Å².